The minimum atomic E-state index is -0.184. The summed E-state index contributed by atoms with van der Waals surface area (Å²) in [7, 11) is 1.77. The molecule has 1 fully saturated rings. The van der Waals surface area contributed by atoms with E-state index < -0.39 is 0 Å². The van der Waals surface area contributed by atoms with Crippen LogP contribution in [0.4, 0.5) is 5.82 Å². The second-order valence-electron chi connectivity index (χ2n) is 4.50. The standard InChI is InChI=1S/C13H18N4O2/c1-14-11-5-4-10(8-17-11)13(19)16-7-6-15-12(18)9-2-3-9/h4-5,8-9H,2-3,6-7H2,1H3,(H,14,17)(H,15,18)(H,16,19). The molecular formula is C13H18N4O2. The third-order valence-electron chi connectivity index (χ3n) is 2.94. The van der Waals surface area contributed by atoms with Crippen molar-refractivity contribution in [3.05, 3.63) is 23.9 Å². The highest BCUT2D eigenvalue weighted by molar-refractivity contribution is 5.94. The lowest BCUT2D eigenvalue weighted by atomic mass is 10.2. The molecule has 0 radical (unpaired) electrons. The van der Waals surface area contributed by atoms with Crippen molar-refractivity contribution in [2.45, 2.75) is 12.8 Å². The zero-order chi connectivity index (χ0) is 13.7. The van der Waals surface area contributed by atoms with Gasteiger partial charge in [0.2, 0.25) is 5.91 Å². The largest absolute Gasteiger partial charge is 0.373 e. The lowest BCUT2D eigenvalue weighted by Crippen LogP contribution is -2.35. The molecule has 0 aliphatic heterocycles. The molecule has 1 aromatic rings. The smallest absolute Gasteiger partial charge is 0.252 e. The maximum atomic E-state index is 11.8. The van der Waals surface area contributed by atoms with Gasteiger partial charge in [-0.05, 0) is 25.0 Å². The molecule has 1 aromatic heterocycles. The van der Waals surface area contributed by atoms with Crippen molar-refractivity contribution in [1.29, 1.82) is 0 Å². The van der Waals surface area contributed by atoms with Crippen molar-refractivity contribution in [3.8, 4) is 0 Å². The van der Waals surface area contributed by atoms with E-state index in [1.54, 1.807) is 19.2 Å². The molecule has 6 nitrogen and oxygen atoms in total. The van der Waals surface area contributed by atoms with E-state index in [4.69, 9.17) is 0 Å². The Morgan fingerprint density at radius 2 is 2.00 bits per heavy atom. The number of carbonyl (C=O) groups excluding carboxylic acids is 2. The number of anilines is 1. The normalized spacial score (nSPS) is 13.7. The zero-order valence-electron chi connectivity index (χ0n) is 10.9. The third kappa shape index (κ3) is 3.94. The van der Waals surface area contributed by atoms with Crippen molar-refractivity contribution in [2.24, 2.45) is 5.92 Å². The molecule has 2 amide bonds. The second kappa shape index (κ2) is 6.17. The predicted octanol–water partition coefficient (Wildman–Crippen LogP) is 0.379. The molecule has 1 saturated carbocycles. The van der Waals surface area contributed by atoms with Gasteiger partial charge >= 0.3 is 0 Å². The third-order valence-corrected chi connectivity index (χ3v) is 2.94. The maximum Gasteiger partial charge on any atom is 0.252 e. The Morgan fingerprint density at radius 1 is 1.26 bits per heavy atom. The number of pyridine rings is 1. The van der Waals surface area contributed by atoms with E-state index in [1.165, 1.54) is 6.20 Å². The molecule has 102 valence electrons. The molecule has 0 spiro atoms. The number of nitrogens with one attached hydrogen (secondary N) is 3. The monoisotopic (exact) mass is 262 g/mol. The van der Waals surface area contributed by atoms with Crippen LogP contribution in [0, 0.1) is 5.92 Å². The number of amides is 2. The average molecular weight is 262 g/mol. The first-order valence-electron chi connectivity index (χ1n) is 6.40. The second-order valence-corrected chi connectivity index (χ2v) is 4.50. The van der Waals surface area contributed by atoms with Gasteiger partial charge in [0.25, 0.3) is 5.91 Å². The van der Waals surface area contributed by atoms with Gasteiger partial charge in [-0.2, -0.15) is 0 Å². The predicted molar refractivity (Wildman–Crippen MR) is 71.9 cm³/mol. The SMILES string of the molecule is CNc1ccc(C(=O)NCCNC(=O)C2CC2)cn1. The van der Waals surface area contributed by atoms with Crippen molar-refractivity contribution in [2.75, 3.05) is 25.5 Å². The van der Waals surface area contributed by atoms with Gasteiger partial charge in [0.05, 0.1) is 5.56 Å². The number of nitrogens with zero attached hydrogens (tertiary/aromatic N) is 1. The molecule has 0 aromatic carbocycles. The van der Waals surface area contributed by atoms with Gasteiger partial charge in [-0.3, -0.25) is 9.59 Å². The first-order chi connectivity index (χ1) is 9.20. The molecule has 19 heavy (non-hydrogen) atoms. The summed E-state index contributed by atoms with van der Waals surface area (Å²) in [6.45, 7) is 0.883. The average Bonchev–Trinajstić information content (AvgIpc) is 3.27. The molecule has 0 saturated heterocycles. The molecule has 1 heterocycles. The molecule has 2 rings (SSSR count). The number of hydrogen-bond acceptors (Lipinski definition) is 4. The molecular weight excluding hydrogens is 244 g/mol. The van der Waals surface area contributed by atoms with Crippen LogP contribution in [0.5, 0.6) is 0 Å². The van der Waals surface area contributed by atoms with Crippen LogP contribution in [-0.4, -0.2) is 36.9 Å². The van der Waals surface area contributed by atoms with Crippen LogP contribution in [0.15, 0.2) is 18.3 Å². The lowest BCUT2D eigenvalue weighted by molar-refractivity contribution is -0.122. The minimum Gasteiger partial charge on any atom is -0.373 e. The van der Waals surface area contributed by atoms with E-state index in [1.807, 2.05) is 0 Å². The van der Waals surface area contributed by atoms with Crippen LogP contribution >= 0.6 is 0 Å². The highest BCUT2D eigenvalue weighted by atomic mass is 16.2. The highest BCUT2D eigenvalue weighted by Crippen LogP contribution is 2.28. The van der Waals surface area contributed by atoms with Gasteiger partial charge in [-0.15, -0.1) is 0 Å². The summed E-state index contributed by atoms with van der Waals surface area (Å²) in [6.07, 6.45) is 3.49. The van der Waals surface area contributed by atoms with Crippen molar-refractivity contribution in [1.82, 2.24) is 15.6 Å². The Morgan fingerprint density at radius 3 is 2.58 bits per heavy atom. The van der Waals surface area contributed by atoms with Crippen LogP contribution < -0.4 is 16.0 Å². The van der Waals surface area contributed by atoms with Crippen LogP contribution in [0.1, 0.15) is 23.2 Å². The quantitative estimate of drug-likeness (QED) is 0.647. The summed E-state index contributed by atoms with van der Waals surface area (Å²) in [5.74, 6) is 0.826. The Hall–Kier alpha value is -2.11. The van der Waals surface area contributed by atoms with Gasteiger partial charge in [0, 0.05) is 32.3 Å². The lowest BCUT2D eigenvalue weighted by Gasteiger charge is -2.07. The highest BCUT2D eigenvalue weighted by Gasteiger charge is 2.28. The summed E-state index contributed by atoms with van der Waals surface area (Å²) >= 11 is 0. The van der Waals surface area contributed by atoms with Crippen LogP contribution in [-0.2, 0) is 4.79 Å². The van der Waals surface area contributed by atoms with Crippen LogP contribution in [0.2, 0.25) is 0 Å². The number of rotatable bonds is 6. The topological polar surface area (TPSA) is 83.1 Å². The fourth-order valence-corrected chi connectivity index (χ4v) is 1.63. The van der Waals surface area contributed by atoms with Gasteiger partial charge in [0.15, 0.2) is 0 Å². The van der Waals surface area contributed by atoms with Gasteiger partial charge < -0.3 is 16.0 Å². The zero-order valence-corrected chi connectivity index (χ0v) is 10.9. The van der Waals surface area contributed by atoms with Crippen molar-refractivity contribution >= 4 is 17.6 Å². The van der Waals surface area contributed by atoms with Crippen molar-refractivity contribution < 1.29 is 9.59 Å². The Balaban J connectivity index is 1.69. The summed E-state index contributed by atoms with van der Waals surface area (Å²) in [4.78, 5) is 27.2. The summed E-state index contributed by atoms with van der Waals surface area (Å²) in [5.41, 5.74) is 0.507. The first-order valence-corrected chi connectivity index (χ1v) is 6.40. The molecule has 0 bridgehead atoms. The van der Waals surface area contributed by atoms with E-state index in [0.29, 0.717) is 24.5 Å². The van der Waals surface area contributed by atoms with Crippen LogP contribution in [0.3, 0.4) is 0 Å². The molecule has 6 heteroatoms. The van der Waals surface area contributed by atoms with E-state index in [9.17, 15) is 9.59 Å². The number of aromatic nitrogens is 1. The molecule has 3 N–H and O–H groups in total. The summed E-state index contributed by atoms with van der Waals surface area (Å²) in [6, 6.07) is 3.45. The number of carbonyl (C=O) groups is 2. The number of hydrogen-bond donors (Lipinski definition) is 3. The fraction of sp³-hybridized carbons (Fsp3) is 0.462. The fourth-order valence-electron chi connectivity index (χ4n) is 1.63. The van der Waals surface area contributed by atoms with Crippen LogP contribution in [0.25, 0.3) is 0 Å². The minimum absolute atomic E-state index is 0.0919. The van der Waals surface area contributed by atoms with Gasteiger partial charge in [-0.25, -0.2) is 4.98 Å². The summed E-state index contributed by atoms with van der Waals surface area (Å²) < 4.78 is 0. The van der Waals surface area contributed by atoms with Gasteiger partial charge in [0.1, 0.15) is 5.82 Å². The Labute approximate surface area is 112 Å². The van der Waals surface area contributed by atoms with Crippen molar-refractivity contribution in [3.63, 3.8) is 0 Å². The maximum absolute atomic E-state index is 11.8. The Kier molecular flexibility index (Phi) is 4.33. The van der Waals surface area contributed by atoms with Gasteiger partial charge in [-0.1, -0.05) is 0 Å². The van der Waals surface area contributed by atoms with E-state index >= 15 is 0 Å². The first kappa shape index (κ1) is 13.3. The molecule has 0 unspecified atom stereocenters. The Bertz CT molecular complexity index is 454. The summed E-state index contributed by atoms with van der Waals surface area (Å²) in [5, 5.41) is 8.41. The molecule has 1 aliphatic rings. The molecule has 1 aliphatic carbocycles. The molecule has 0 atom stereocenters. The van der Waals surface area contributed by atoms with E-state index in [0.717, 1.165) is 12.8 Å². The van der Waals surface area contributed by atoms with E-state index in [-0.39, 0.29) is 17.7 Å². The van der Waals surface area contributed by atoms with E-state index in [2.05, 4.69) is 20.9 Å².